The van der Waals surface area contributed by atoms with E-state index in [1.165, 1.54) is 0 Å². The molecule has 3 aromatic carbocycles. The summed E-state index contributed by atoms with van der Waals surface area (Å²) in [6, 6.07) is 22.2. The molecule has 0 saturated heterocycles. The minimum atomic E-state index is -0.873. The maximum atomic E-state index is 11.9. The van der Waals surface area contributed by atoms with Crippen LogP contribution < -0.4 is 14.4 Å². The fourth-order valence-corrected chi connectivity index (χ4v) is 4.27. The minimum Gasteiger partial charge on any atom is -0.497 e. The summed E-state index contributed by atoms with van der Waals surface area (Å²) < 4.78 is 16.5. The first-order chi connectivity index (χ1) is 17.6. The van der Waals surface area contributed by atoms with Gasteiger partial charge in [0, 0.05) is 31.0 Å². The molecule has 0 amide bonds. The second-order valence-electron chi connectivity index (χ2n) is 8.75. The fourth-order valence-electron chi connectivity index (χ4n) is 4.27. The Kier molecular flexibility index (Phi) is 8.63. The quantitative estimate of drug-likeness (QED) is 0.332. The number of nitrogens with zero attached hydrogens (tertiary/aromatic N) is 1. The number of fused-ring (bicyclic) bond motifs is 1. The topological polar surface area (TPSA) is 68.2 Å². The number of aliphatic carboxylic acids is 1. The minimum absolute atomic E-state index is 0.416. The molecule has 0 spiro atoms. The average Bonchev–Trinajstić information content (AvgIpc) is 3.08. The molecule has 1 aliphatic rings. The molecule has 6 nitrogen and oxygen atoms in total. The fraction of sp³-hybridized carbons (Fsp3) is 0.300. The van der Waals surface area contributed by atoms with E-state index in [1.807, 2.05) is 54.6 Å². The molecule has 0 saturated carbocycles. The molecule has 3 aromatic rings. The van der Waals surface area contributed by atoms with Gasteiger partial charge in [-0.3, -0.25) is 0 Å². The van der Waals surface area contributed by atoms with Gasteiger partial charge >= 0.3 is 5.97 Å². The SMILES string of the molecule is CCCOCCOc1ccc(-c2ccc3c(c2)C=C(C(=O)O)CCN3Cc2ccc(OC)cc2)cc1. The summed E-state index contributed by atoms with van der Waals surface area (Å²) in [7, 11) is 1.65. The molecular formula is C30H33NO5. The summed E-state index contributed by atoms with van der Waals surface area (Å²) in [5, 5.41) is 9.73. The number of methoxy groups -OCH3 is 1. The number of carboxylic acid groups (broad SMARTS) is 1. The van der Waals surface area contributed by atoms with Crippen LogP contribution in [-0.2, 0) is 16.1 Å². The number of anilines is 1. The van der Waals surface area contributed by atoms with Crippen molar-refractivity contribution >= 4 is 17.7 Å². The molecule has 0 bridgehead atoms. The Bertz CT molecular complexity index is 1180. The largest absolute Gasteiger partial charge is 0.497 e. The van der Waals surface area contributed by atoms with Crippen LogP contribution in [0.4, 0.5) is 5.69 Å². The predicted molar refractivity (Wildman–Crippen MR) is 143 cm³/mol. The van der Waals surface area contributed by atoms with Gasteiger partial charge in [-0.25, -0.2) is 4.79 Å². The first-order valence-corrected chi connectivity index (χ1v) is 12.3. The van der Waals surface area contributed by atoms with Crippen molar-refractivity contribution in [2.45, 2.75) is 26.3 Å². The molecule has 0 aromatic heterocycles. The van der Waals surface area contributed by atoms with Gasteiger partial charge in [-0.15, -0.1) is 0 Å². The van der Waals surface area contributed by atoms with Gasteiger partial charge < -0.3 is 24.2 Å². The second-order valence-corrected chi connectivity index (χ2v) is 8.75. The molecule has 36 heavy (non-hydrogen) atoms. The van der Waals surface area contributed by atoms with Crippen LogP contribution in [0, 0.1) is 0 Å². The van der Waals surface area contributed by atoms with Crippen LogP contribution in [0.2, 0.25) is 0 Å². The van der Waals surface area contributed by atoms with Crippen LogP contribution in [-0.4, -0.2) is 44.6 Å². The third-order valence-corrected chi connectivity index (χ3v) is 6.19. The zero-order valence-electron chi connectivity index (χ0n) is 20.9. The van der Waals surface area contributed by atoms with Crippen molar-refractivity contribution in [2.24, 2.45) is 0 Å². The van der Waals surface area contributed by atoms with Crippen molar-refractivity contribution in [1.82, 2.24) is 0 Å². The van der Waals surface area contributed by atoms with Crippen LogP contribution in [0.25, 0.3) is 17.2 Å². The molecule has 1 N–H and O–H groups in total. The number of rotatable bonds is 11. The Morgan fingerprint density at radius 2 is 1.64 bits per heavy atom. The Morgan fingerprint density at radius 1 is 0.917 bits per heavy atom. The standard InChI is InChI=1S/C30H33NO5/c1-3-16-35-17-18-36-28-11-6-23(7-12-28)24-8-13-29-26(19-24)20-25(30(32)33)14-15-31(29)21-22-4-9-27(34-2)10-5-22/h4-13,19-20H,3,14-18,21H2,1-2H3,(H,32,33). The van der Waals surface area contributed by atoms with E-state index in [1.54, 1.807) is 7.11 Å². The van der Waals surface area contributed by atoms with Gasteiger partial charge in [-0.1, -0.05) is 37.3 Å². The third kappa shape index (κ3) is 6.46. The number of hydrogen-bond acceptors (Lipinski definition) is 5. The number of hydrogen-bond donors (Lipinski definition) is 1. The lowest BCUT2D eigenvalue weighted by Gasteiger charge is -2.25. The summed E-state index contributed by atoms with van der Waals surface area (Å²) in [5.41, 5.74) is 5.56. The Morgan fingerprint density at radius 3 is 2.33 bits per heavy atom. The molecule has 4 rings (SSSR count). The second kappa shape index (κ2) is 12.3. The number of ether oxygens (including phenoxy) is 3. The molecule has 0 fully saturated rings. The van der Waals surface area contributed by atoms with Gasteiger partial charge in [0.25, 0.3) is 0 Å². The van der Waals surface area contributed by atoms with Gasteiger partial charge in [-0.05, 0) is 77.6 Å². The van der Waals surface area contributed by atoms with Gasteiger partial charge in [-0.2, -0.15) is 0 Å². The van der Waals surface area contributed by atoms with E-state index in [0.717, 1.165) is 52.5 Å². The van der Waals surface area contributed by atoms with Crippen molar-refractivity contribution in [2.75, 3.05) is 38.4 Å². The van der Waals surface area contributed by atoms with Crippen molar-refractivity contribution in [3.63, 3.8) is 0 Å². The normalized spacial score (nSPS) is 12.9. The highest BCUT2D eigenvalue weighted by atomic mass is 16.5. The molecule has 0 atom stereocenters. The van der Waals surface area contributed by atoms with E-state index in [9.17, 15) is 9.90 Å². The van der Waals surface area contributed by atoms with Crippen molar-refractivity contribution < 1.29 is 24.1 Å². The summed E-state index contributed by atoms with van der Waals surface area (Å²) in [5.74, 6) is 0.741. The molecule has 1 heterocycles. The highest BCUT2D eigenvalue weighted by Crippen LogP contribution is 2.34. The molecule has 188 valence electrons. The van der Waals surface area contributed by atoms with Gasteiger partial charge in [0.15, 0.2) is 0 Å². The first kappa shape index (κ1) is 25.3. The lowest BCUT2D eigenvalue weighted by Crippen LogP contribution is -2.24. The van der Waals surface area contributed by atoms with Crippen LogP contribution in [0.3, 0.4) is 0 Å². The number of benzene rings is 3. The number of carbonyl (C=O) groups is 1. The molecule has 0 radical (unpaired) electrons. The Hall–Kier alpha value is -3.77. The van der Waals surface area contributed by atoms with Crippen LogP contribution in [0.15, 0.2) is 72.3 Å². The van der Waals surface area contributed by atoms with Gasteiger partial charge in [0.2, 0.25) is 0 Å². The van der Waals surface area contributed by atoms with Crippen LogP contribution >= 0.6 is 0 Å². The zero-order valence-corrected chi connectivity index (χ0v) is 20.9. The van der Waals surface area contributed by atoms with Crippen LogP contribution in [0.1, 0.15) is 30.9 Å². The highest BCUT2D eigenvalue weighted by Gasteiger charge is 2.20. The number of carboxylic acids is 1. The van der Waals surface area contributed by atoms with E-state index in [0.29, 0.717) is 38.3 Å². The Balaban J connectivity index is 1.54. The van der Waals surface area contributed by atoms with Gasteiger partial charge in [0.1, 0.15) is 18.1 Å². The van der Waals surface area contributed by atoms with Gasteiger partial charge in [0.05, 0.1) is 13.7 Å². The lowest BCUT2D eigenvalue weighted by molar-refractivity contribution is -0.132. The van der Waals surface area contributed by atoms with Crippen molar-refractivity contribution in [3.05, 3.63) is 83.4 Å². The first-order valence-electron chi connectivity index (χ1n) is 12.3. The van der Waals surface area contributed by atoms with Crippen molar-refractivity contribution in [1.29, 1.82) is 0 Å². The predicted octanol–water partition coefficient (Wildman–Crippen LogP) is 6.05. The van der Waals surface area contributed by atoms with E-state index >= 15 is 0 Å². The summed E-state index contributed by atoms with van der Waals surface area (Å²) in [6.07, 6.45) is 3.28. The Labute approximate surface area is 212 Å². The summed E-state index contributed by atoms with van der Waals surface area (Å²) in [6.45, 7) is 5.24. The summed E-state index contributed by atoms with van der Waals surface area (Å²) in [4.78, 5) is 14.1. The molecule has 1 aliphatic heterocycles. The smallest absolute Gasteiger partial charge is 0.331 e. The molecule has 0 aliphatic carbocycles. The van der Waals surface area contributed by atoms with Crippen molar-refractivity contribution in [3.8, 4) is 22.6 Å². The maximum absolute atomic E-state index is 11.9. The van der Waals surface area contributed by atoms with E-state index in [4.69, 9.17) is 14.2 Å². The highest BCUT2D eigenvalue weighted by molar-refractivity contribution is 5.94. The molecule has 6 heteroatoms. The van der Waals surface area contributed by atoms with E-state index in [-0.39, 0.29) is 0 Å². The molecular weight excluding hydrogens is 454 g/mol. The lowest BCUT2D eigenvalue weighted by atomic mass is 10.00. The maximum Gasteiger partial charge on any atom is 0.331 e. The van der Waals surface area contributed by atoms with E-state index < -0.39 is 5.97 Å². The summed E-state index contributed by atoms with van der Waals surface area (Å²) >= 11 is 0. The molecule has 0 unspecified atom stereocenters. The van der Waals surface area contributed by atoms with E-state index in [2.05, 4.69) is 30.0 Å². The zero-order chi connectivity index (χ0) is 25.3. The average molecular weight is 488 g/mol. The van der Waals surface area contributed by atoms with Crippen LogP contribution in [0.5, 0.6) is 11.5 Å². The monoisotopic (exact) mass is 487 g/mol. The third-order valence-electron chi connectivity index (χ3n) is 6.19.